The second-order valence-electron chi connectivity index (χ2n) is 5.16. The van der Waals surface area contributed by atoms with Gasteiger partial charge in [-0.1, -0.05) is 23.9 Å². The van der Waals surface area contributed by atoms with Gasteiger partial charge in [-0.25, -0.2) is 4.98 Å². The topological polar surface area (TPSA) is 122 Å². The van der Waals surface area contributed by atoms with Gasteiger partial charge in [0.1, 0.15) is 39.5 Å². The number of nitrogens with zero attached hydrogens (tertiary/aromatic N) is 3. The Bertz CT molecular complexity index is 914. The molecule has 7 nitrogen and oxygen atoms in total. The average molecular weight is 368 g/mol. The fraction of sp³-hybridized carbons (Fsp3) is 0.222. The Morgan fingerprint density at radius 2 is 1.81 bits per heavy atom. The van der Waals surface area contributed by atoms with Crippen LogP contribution in [-0.2, 0) is 9.53 Å². The molecule has 0 fully saturated rings. The summed E-state index contributed by atoms with van der Waals surface area (Å²) in [7, 11) is 2.83. The number of esters is 1. The van der Waals surface area contributed by atoms with E-state index < -0.39 is 11.2 Å². The normalized spacial score (nSPS) is 11.1. The van der Waals surface area contributed by atoms with Crippen molar-refractivity contribution < 1.29 is 14.3 Å². The number of carbonyl (C=O) groups is 1. The van der Waals surface area contributed by atoms with Crippen LogP contribution in [-0.4, -0.2) is 30.4 Å². The molecule has 26 heavy (non-hydrogen) atoms. The first kappa shape index (κ1) is 19.1. The van der Waals surface area contributed by atoms with E-state index in [1.807, 2.05) is 6.07 Å². The molecule has 132 valence electrons. The number of rotatable bonds is 5. The molecule has 0 unspecified atom stereocenters. The van der Waals surface area contributed by atoms with E-state index in [1.165, 1.54) is 7.11 Å². The lowest BCUT2D eigenvalue weighted by Gasteiger charge is -2.15. The number of nitriles is 2. The standard InChI is InChI=1S/C18H16N4O3S/c1-10(18(23)25-3)26-17-14(9-20)15(13(8-19)16(21)22-17)11-4-6-12(24-2)7-5-11/h4-7,10H,1-3H3,(H2,21,22)/t10-/m1/s1. The van der Waals surface area contributed by atoms with Crippen molar-refractivity contribution >= 4 is 23.5 Å². The van der Waals surface area contributed by atoms with Gasteiger partial charge in [-0.3, -0.25) is 4.79 Å². The smallest absolute Gasteiger partial charge is 0.318 e. The van der Waals surface area contributed by atoms with Gasteiger partial charge in [0.25, 0.3) is 0 Å². The molecular formula is C18H16N4O3S. The van der Waals surface area contributed by atoms with Crippen LogP contribution < -0.4 is 10.5 Å². The summed E-state index contributed by atoms with van der Waals surface area (Å²) in [5.74, 6) is 0.188. The third kappa shape index (κ3) is 3.71. The van der Waals surface area contributed by atoms with Gasteiger partial charge in [-0.05, 0) is 24.6 Å². The van der Waals surface area contributed by atoms with E-state index >= 15 is 0 Å². The van der Waals surface area contributed by atoms with Crippen LogP contribution in [0.3, 0.4) is 0 Å². The molecule has 1 aromatic carbocycles. The van der Waals surface area contributed by atoms with E-state index in [0.717, 1.165) is 11.8 Å². The molecule has 1 atom stereocenters. The molecular weight excluding hydrogens is 352 g/mol. The van der Waals surface area contributed by atoms with Crippen LogP contribution in [0.5, 0.6) is 5.75 Å². The molecule has 0 aliphatic heterocycles. The molecule has 2 N–H and O–H groups in total. The number of benzene rings is 1. The van der Waals surface area contributed by atoms with Gasteiger partial charge in [0.05, 0.1) is 19.8 Å². The quantitative estimate of drug-likeness (QED) is 0.631. The van der Waals surface area contributed by atoms with E-state index in [2.05, 4.69) is 11.1 Å². The lowest BCUT2D eigenvalue weighted by molar-refractivity contribution is -0.139. The van der Waals surface area contributed by atoms with Crippen molar-refractivity contribution in [2.24, 2.45) is 0 Å². The van der Waals surface area contributed by atoms with Crippen LogP contribution >= 0.6 is 11.8 Å². The number of aromatic nitrogens is 1. The number of nitrogens with two attached hydrogens (primary N) is 1. The molecule has 0 radical (unpaired) electrons. The minimum atomic E-state index is -0.587. The summed E-state index contributed by atoms with van der Waals surface area (Å²) in [6, 6.07) is 11.0. The number of hydrogen-bond acceptors (Lipinski definition) is 8. The number of nitrogen functional groups attached to an aromatic ring is 1. The van der Waals surface area contributed by atoms with Crippen LogP contribution in [0.15, 0.2) is 29.3 Å². The molecule has 0 amide bonds. The van der Waals surface area contributed by atoms with Gasteiger partial charge < -0.3 is 15.2 Å². The van der Waals surface area contributed by atoms with Gasteiger partial charge in [0, 0.05) is 5.56 Å². The number of methoxy groups -OCH3 is 2. The van der Waals surface area contributed by atoms with Gasteiger partial charge in [-0.2, -0.15) is 10.5 Å². The van der Waals surface area contributed by atoms with E-state index in [-0.39, 0.29) is 22.0 Å². The van der Waals surface area contributed by atoms with Gasteiger partial charge in [0.15, 0.2) is 0 Å². The van der Waals surface area contributed by atoms with Crippen molar-refractivity contribution in [1.29, 1.82) is 10.5 Å². The molecule has 1 aromatic heterocycles. The minimum Gasteiger partial charge on any atom is -0.497 e. The summed E-state index contributed by atoms with van der Waals surface area (Å²) in [6.45, 7) is 1.64. The molecule has 1 heterocycles. The van der Waals surface area contributed by atoms with Crippen molar-refractivity contribution in [3.63, 3.8) is 0 Å². The Morgan fingerprint density at radius 3 is 2.31 bits per heavy atom. The van der Waals surface area contributed by atoms with E-state index in [0.29, 0.717) is 16.9 Å². The summed E-state index contributed by atoms with van der Waals surface area (Å²) < 4.78 is 9.84. The molecule has 0 aliphatic rings. The molecule has 0 spiro atoms. The maximum absolute atomic E-state index is 11.7. The first-order valence-electron chi connectivity index (χ1n) is 7.49. The highest BCUT2D eigenvalue weighted by Gasteiger charge is 2.24. The predicted molar refractivity (Wildman–Crippen MR) is 97.4 cm³/mol. The zero-order valence-corrected chi connectivity index (χ0v) is 15.3. The zero-order chi connectivity index (χ0) is 19.3. The van der Waals surface area contributed by atoms with Crippen molar-refractivity contribution in [2.75, 3.05) is 20.0 Å². The zero-order valence-electron chi connectivity index (χ0n) is 14.4. The number of anilines is 1. The number of hydrogen-bond donors (Lipinski definition) is 1. The van der Waals surface area contributed by atoms with E-state index in [1.54, 1.807) is 38.3 Å². The second-order valence-corrected chi connectivity index (χ2v) is 6.49. The molecule has 0 saturated heterocycles. The molecule has 2 aromatic rings. The summed E-state index contributed by atoms with van der Waals surface area (Å²) in [5.41, 5.74) is 7.24. The Balaban J connectivity index is 2.67. The van der Waals surface area contributed by atoms with Gasteiger partial charge in [0.2, 0.25) is 0 Å². The average Bonchev–Trinajstić information content (AvgIpc) is 2.66. The van der Waals surface area contributed by atoms with Gasteiger partial charge in [-0.15, -0.1) is 0 Å². The SMILES string of the molecule is COC(=O)[C@@H](C)Sc1nc(N)c(C#N)c(-c2ccc(OC)cc2)c1C#N. The van der Waals surface area contributed by atoms with E-state index in [4.69, 9.17) is 15.2 Å². The largest absolute Gasteiger partial charge is 0.497 e. The summed E-state index contributed by atoms with van der Waals surface area (Å²) in [6.07, 6.45) is 0. The third-order valence-electron chi connectivity index (χ3n) is 3.62. The third-order valence-corrected chi connectivity index (χ3v) is 4.68. The van der Waals surface area contributed by atoms with Crippen LogP contribution in [0.1, 0.15) is 18.1 Å². The van der Waals surface area contributed by atoms with Crippen molar-refractivity contribution in [3.05, 3.63) is 35.4 Å². The second kappa shape index (κ2) is 8.24. The fourth-order valence-electron chi connectivity index (χ4n) is 2.31. The van der Waals surface area contributed by atoms with Gasteiger partial charge >= 0.3 is 5.97 Å². The molecule has 0 saturated carbocycles. The summed E-state index contributed by atoms with van der Waals surface area (Å²) in [4.78, 5) is 15.9. The fourth-order valence-corrected chi connectivity index (χ4v) is 3.26. The summed E-state index contributed by atoms with van der Waals surface area (Å²) >= 11 is 1.06. The Kier molecular flexibility index (Phi) is 6.05. The first-order valence-corrected chi connectivity index (χ1v) is 8.37. The highest BCUT2D eigenvalue weighted by atomic mass is 32.2. The highest BCUT2D eigenvalue weighted by Crippen LogP contribution is 2.37. The van der Waals surface area contributed by atoms with Crippen molar-refractivity contribution in [3.8, 4) is 29.0 Å². The van der Waals surface area contributed by atoms with Crippen LogP contribution in [0.4, 0.5) is 5.82 Å². The summed E-state index contributed by atoms with van der Waals surface area (Å²) in [5, 5.41) is 18.9. The number of ether oxygens (including phenoxy) is 2. The van der Waals surface area contributed by atoms with Crippen LogP contribution in [0.25, 0.3) is 11.1 Å². The van der Waals surface area contributed by atoms with Crippen molar-refractivity contribution in [2.45, 2.75) is 17.2 Å². The minimum absolute atomic E-state index is 0.00289. The monoisotopic (exact) mass is 368 g/mol. The number of pyridine rings is 1. The van der Waals surface area contributed by atoms with E-state index in [9.17, 15) is 15.3 Å². The Hall–Kier alpha value is -3.23. The number of thioether (sulfide) groups is 1. The molecule has 0 bridgehead atoms. The maximum Gasteiger partial charge on any atom is 0.318 e. The molecule has 2 rings (SSSR count). The Morgan fingerprint density at radius 1 is 1.19 bits per heavy atom. The first-order chi connectivity index (χ1) is 12.5. The van der Waals surface area contributed by atoms with Crippen LogP contribution in [0.2, 0.25) is 0 Å². The lowest BCUT2D eigenvalue weighted by Crippen LogP contribution is -2.15. The number of carbonyl (C=O) groups excluding carboxylic acids is 1. The molecule has 0 aliphatic carbocycles. The maximum atomic E-state index is 11.7. The Labute approximate surface area is 155 Å². The molecule has 8 heteroatoms. The predicted octanol–water partition coefficient (Wildman–Crippen LogP) is 2.74. The highest BCUT2D eigenvalue weighted by molar-refractivity contribution is 8.00. The van der Waals surface area contributed by atoms with Crippen LogP contribution in [0, 0.1) is 22.7 Å². The lowest BCUT2D eigenvalue weighted by atomic mass is 9.97. The van der Waals surface area contributed by atoms with Crippen molar-refractivity contribution in [1.82, 2.24) is 4.98 Å².